The highest BCUT2D eigenvalue weighted by Gasteiger charge is 2.22. The SMILES string of the molecule is Cc1c(C(=O)N[C@H](CC(C)C)c2ncnn2C)ccn1C. The quantitative estimate of drug-likeness (QED) is 0.915. The number of carbonyl (C=O) groups is 1. The molecule has 1 N–H and O–H groups in total. The molecule has 6 nitrogen and oxygen atoms in total. The predicted molar refractivity (Wildman–Crippen MR) is 80.8 cm³/mol. The van der Waals surface area contributed by atoms with Gasteiger partial charge in [0.05, 0.1) is 11.6 Å². The first kappa shape index (κ1) is 15.3. The first-order valence-corrected chi connectivity index (χ1v) is 7.16. The Labute approximate surface area is 125 Å². The van der Waals surface area contributed by atoms with Crippen LogP contribution in [0.2, 0.25) is 0 Å². The molecule has 0 aliphatic heterocycles. The lowest BCUT2D eigenvalue weighted by atomic mass is 10.0. The molecule has 0 radical (unpaired) electrons. The largest absolute Gasteiger partial charge is 0.354 e. The number of carbonyl (C=O) groups excluding carboxylic acids is 1. The van der Waals surface area contributed by atoms with E-state index < -0.39 is 0 Å². The third-order valence-corrected chi connectivity index (χ3v) is 3.70. The van der Waals surface area contributed by atoms with Gasteiger partial charge in [-0.2, -0.15) is 5.10 Å². The first-order valence-electron chi connectivity index (χ1n) is 7.16. The highest BCUT2D eigenvalue weighted by Crippen LogP contribution is 2.20. The van der Waals surface area contributed by atoms with Crippen molar-refractivity contribution in [3.05, 3.63) is 35.7 Å². The Kier molecular flexibility index (Phi) is 4.45. The molecule has 21 heavy (non-hydrogen) atoms. The van der Waals surface area contributed by atoms with Crippen LogP contribution in [-0.2, 0) is 14.1 Å². The predicted octanol–water partition coefficient (Wildman–Crippen LogP) is 1.98. The molecule has 0 aliphatic rings. The van der Waals surface area contributed by atoms with E-state index in [1.54, 1.807) is 4.68 Å². The number of amides is 1. The van der Waals surface area contributed by atoms with Crippen molar-refractivity contribution in [2.24, 2.45) is 20.0 Å². The van der Waals surface area contributed by atoms with Crippen LogP contribution < -0.4 is 5.32 Å². The molecule has 114 valence electrons. The van der Waals surface area contributed by atoms with Crippen molar-refractivity contribution in [3.8, 4) is 0 Å². The molecule has 2 heterocycles. The molecule has 0 bridgehead atoms. The van der Waals surface area contributed by atoms with Crippen molar-refractivity contribution in [3.63, 3.8) is 0 Å². The third kappa shape index (κ3) is 3.32. The van der Waals surface area contributed by atoms with Crippen LogP contribution in [0.15, 0.2) is 18.6 Å². The summed E-state index contributed by atoms with van der Waals surface area (Å²) in [5.41, 5.74) is 1.65. The molecule has 0 unspecified atom stereocenters. The van der Waals surface area contributed by atoms with Crippen molar-refractivity contribution in [2.75, 3.05) is 0 Å². The second-order valence-electron chi connectivity index (χ2n) is 5.82. The molecule has 0 spiro atoms. The molecule has 2 rings (SSSR count). The van der Waals surface area contributed by atoms with Gasteiger partial charge in [0.15, 0.2) is 0 Å². The maximum Gasteiger partial charge on any atom is 0.253 e. The summed E-state index contributed by atoms with van der Waals surface area (Å²) >= 11 is 0. The van der Waals surface area contributed by atoms with Crippen LogP contribution in [0.25, 0.3) is 0 Å². The van der Waals surface area contributed by atoms with Crippen molar-refractivity contribution in [2.45, 2.75) is 33.2 Å². The summed E-state index contributed by atoms with van der Waals surface area (Å²) in [5.74, 6) is 1.16. The Morgan fingerprint density at radius 3 is 2.57 bits per heavy atom. The molecular formula is C15H23N5O. The van der Waals surface area contributed by atoms with Crippen LogP contribution in [0.1, 0.15) is 48.2 Å². The van der Waals surface area contributed by atoms with E-state index in [-0.39, 0.29) is 11.9 Å². The van der Waals surface area contributed by atoms with E-state index in [1.165, 1.54) is 6.33 Å². The fraction of sp³-hybridized carbons (Fsp3) is 0.533. The topological polar surface area (TPSA) is 64.7 Å². The van der Waals surface area contributed by atoms with Gasteiger partial charge in [0, 0.05) is 26.0 Å². The number of aromatic nitrogens is 4. The van der Waals surface area contributed by atoms with E-state index in [9.17, 15) is 4.79 Å². The van der Waals surface area contributed by atoms with Crippen molar-refractivity contribution in [1.29, 1.82) is 0 Å². The van der Waals surface area contributed by atoms with Crippen molar-refractivity contribution >= 4 is 5.91 Å². The van der Waals surface area contributed by atoms with Gasteiger partial charge in [-0.05, 0) is 25.3 Å². The summed E-state index contributed by atoms with van der Waals surface area (Å²) < 4.78 is 3.65. The smallest absolute Gasteiger partial charge is 0.253 e. The van der Waals surface area contributed by atoms with E-state index in [1.807, 2.05) is 37.8 Å². The van der Waals surface area contributed by atoms with Crippen molar-refractivity contribution in [1.82, 2.24) is 24.6 Å². The van der Waals surface area contributed by atoms with E-state index in [2.05, 4.69) is 29.2 Å². The van der Waals surface area contributed by atoms with Gasteiger partial charge < -0.3 is 9.88 Å². The Bertz CT molecular complexity index is 626. The highest BCUT2D eigenvalue weighted by atomic mass is 16.1. The lowest BCUT2D eigenvalue weighted by Gasteiger charge is -2.19. The minimum absolute atomic E-state index is 0.0678. The molecule has 0 aromatic carbocycles. The fourth-order valence-corrected chi connectivity index (χ4v) is 2.41. The van der Waals surface area contributed by atoms with Crippen LogP contribution in [0.5, 0.6) is 0 Å². The number of nitrogens with one attached hydrogen (secondary N) is 1. The number of hydrogen-bond acceptors (Lipinski definition) is 3. The number of rotatable bonds is 5. The average Bonchev–Trinajstić information content (AvgIpc) is 2.96. The molecule has 0 saturated heterocycles. The second kappa shape index (κ2) is 6.11. The Balaban J connectivity index is 2.21. The van der Waals surface area contributed by atoms with Crippen molar-refractivity contribution < 1.29 is 4.79 Å². The normalized spacial score (nSPS) is 12.7. The fourth-order valence-electron chi connectivity index (χ4n) is 2.41. The number of aryl methyl sites for hydroxylation is 2. The zero-order valence-electron chi connectivity index (χ0n) is 13.3. The van der Waals surface area contributed by atoms with Gasteiger partial charge in [-0.25, -0.2) is 4.98 Å². The Morgan fingerprint density at radius 2 is 2.10 bits per heavy atom. The van der Waals surface area contributed by atoms with Crippen LogP contribution in [0.3, 0.4) is 0 Å². The Hall–Kier alpha value is -2.11. The minimum Gasteiger partial charge on any atom is -0.354 e. The van der Waals surface area contributed by atoms with Crippen LogP contribution >= 0.6 is 0 Å². The lowest BCUT2D eigenvalue weighted by molar-refractivity contribution is 0.0928. The van der Waals surface area contributed by atoms with E-state index in [4.69, 9.17) is 0 Å². The van der Waals surface area contributed by atoms with Gasteiger partial charge in [0.1, 0.15) is 12.2 Å². The van der Waals surface area contributed by atoms with E-state index in [0.29, 0.717) is 11.5 Å². The third-order valence-electron chi connectivity index (χ3n) is 3.70. The molecule has 6 heteroatoms. The molecule has 2 aromatic heterocycles. The standard InChI is InChI=1S/C15H23N5O/c1-10(2)8-13(14-16-9-17-20(14)5)18-15(21)12-6-7-19(4)11(12)3/h6-7,9-10,13H,8H2,1-5H3,(H,18,21)/t13-/m1/s1. The van der Waals surface area contributed by atoms with Crippen LogP contribution in [0, 0.1) is 12.8 Å². The summed E-state index contributed by atoms with van der Waals surface area (Å²) in [6.07, 6.45) is 4.23. The van der Waals surface area contributed by atoms with Crippen LogP contribution in [-0.4, -0.2) is 25.2 Å². The molecule has 1 atom stereocenters. The monoisotopic (exact) mass is 289 g/mol. The van der Waals surface area contributed by atoms with Gasteiger partial charge in [-0.15, -0.1) is 0 Å². The zero-order valence-corrected chi connectivity index (χ0v) is 13.3. The maximum atomic E-state index is 12.5. The number of hydrogen-bond donors (Lipinski definition) is 1. The van der Waals surface area contributed by atoms with Gasteiger partial charge in [0.25, 0.3) is 5.91 Å². The summed E-state index contributed by atoms with van der Waals surface area (Å²) in [5, 5.41) is 7.18. The molecule has 0 fully saturated rings. The Morgan fingerprint density at radius 1 is 1.38 bits per heavy atom. The number of nitrogens with zero attached hydrogens (tertiary/aromatic N) is 4. The van der Waals surface area contributed by atoms with Gasteiger partial charge in [-0.1, -0.05) is 13.8 Å². The second-order valence-corrected chi connectivity index (χ2v) is 5.82. The highest BCUT2D eigenvalue weighted by molar-refractivity contribution is 5.95. The zero-order chi connectivity index (χ0) is 15.6. The summed E-state index contributed by atoms with van der Waals surface area (Å²) in [7, 11) is 3.77. The van der Waals surface area contributed by atoms with E-state index in [0.717, 1.165) is 17.9 Å². The summed E-state index contributed by atoms with van der Waals surface area (Å²) in [6, 6.07) is 1.71. The van der Waals surface area contributed by atoms with Gasteiger partial charge in [-0.3, -0.25) is 9.48 Å². The van der Waals surface area contributed by atoms with E-state index >= 15 is 0 Å². The summed E-state index contributed by atoms with van der Waals surface area (Å²) in [6.45, 7) is 6.20. The molecule has 2 aromatic rings. The maximum absolute atomic E-state index is 12.5. The lowest BCUT2D eigenvalue weighted by Crippen LogP contribution is -2.31. The molecular weight excluding hydrogens is 266 g/mol. The average molecular weight is 289 g/mol. The van der Waals surface area contributed by atoms with Gasteiger partial charge >= 0.3 is 0 Å². The molecule has 0 aliphatic carbocycles. The van der Waals surface area contributed by atoms with Crippen LogP contribution in [0.4, 0.5) is 0 Å². The first-order chi connectivity index (χ1) is 9.90. The molecule has 0 saturated carbocycles. The minimum atomic E-state index is -0.135. The summed E-state index contributed by atoms with van der Waals surface area (Å²) in [4.78, 5) is 16.8. The van der Waals surface area contributed by atoms with Gasteiger partial charge in [0.2, 0.25) is 0 Å². The molecule has 1 amide bonds.